The molecule has 3 heterocycles. The molecule has 5 amide bonds. The van der Waals surface area contributed by atoms with Crippen molar-refractivity contribution >= 4 is 28.4 Å². The van der Waals surface area contributed by atoms with E-state index in [9.17, 15) is 22.8 Å². The summed E-state index contributed by atoms with van der Waals surface area (Å²) in [6.45, 7) is 1.34. The first kappa shape index (κ1) is 17.7. The molecular weight excluding hydrogens is 358 g/mol. The molecule has 13 heteroatoms. The van der Waals surface area contributed by atoms with Crippen molar-refractivity contribution in [3.05, 3.63) is 0 Å². The number of likely N-dealkylation sites (tertiary alicyclic amines) is 1. The summed E-state index contributed by atoms with van der Waals surface area (Å²) < 4.78 is 34.7. The van der Waals surface area contributed by atoms with Gasteiger partial charge in [-0.05, 0) is 25.7 Å². The molecule has 2 atom stereocenters. The van der Waals surface area contributed by atoms with E-state index in [2.05, 4.69) is 15.1 Å². The Labute approximate surface area is 143 Å². The molecule has 0 saturated carbocycles. The Hall–Kier alpha value is -2.12. The third-order valence-corrected chi connectivity index (χ3v) is 4.83. The number of amides is 5. The summed E-state index contributed by atoms with van der Waals surface area (Å²) in [4.78, 5) is 39.1. The second-order valence-corrected chi connectivity index (χ2v) is 7.13. The van der Waals surface area contributed by atoms with E-state index in [4.69, 9.17) is 4.55 Å². The van der Waals surface area contributed by atoms with Gasteiger partial charge in [0.25, 0.3) is 5.91 Å². The second kappa shape index (κ2) is 6.65. The van der Waals surface area contributed by atoms with E-state index in [1.807, 2.05) is 0 Å². The quantitative estimate of drug-likeness (QED) is 0.414. The number of piperidine rings is 1. The third-order valence-electron chi connectivity index (χ3n) is 4.49. The maximum absolute atomic E-state index is 12.3. The summed E-state index contributed by atoms with van der Waals surface area (Å²) in [5.41, 5.74) is 4.61. The fourth-order valence-corrected chi connectivity index (χ4v) is 3.69. The second-order valence-electron chi connectivity index (χ2n) is 6.12. The van der Waals surface area contributed by atoms with Crippen molar-refractivity contribution in [2.75, 3.05) is 19.6 Å². The number of hydroxylamine groups is 2. The predicted molar refractivity (Wildman–Crippen MR) is 80.9 cm³/mol. The number of carbonyl (C=O) groups excluding carboxylic acids is 3. The topological polar surface area (TPSA) is 149 Å². The lowest BCUT2D eigenvalue weighted by Crippen LogP contribution is -2.55. The van der Waals surface area contributed by atoms with Gasteiger partial charge in [0.05, 0.1) is 6.04 Å². The van der Waals surface area contributed by atoms with Crippen LogP contribution in [0.2, 0.25) is 0 Å². The Kier molecular flexibility index (Phi) is 4.71. The molecule has 0 aliphatic carbocycles. The number of urea groups is 2. The lowest BCUT2D eigenvalue weighted by Gasteiger charge is -2.29. The maximum atomic E-state index is 12.3. The van der Waals surface area contributed by atoms with Crippen LogP contribution in [0, 0.1) is 0 Å². The molecule has 3 N–H and O–H groups in total. The van der Waals surface area contributed by atoms with Crippen molar-refractivity contribution in [3.63, 3.8) is 0 Å². The van der Waals surface area contributed by atoms with Gasteiger partial charge in [0.15, 0.2) is 0 Å². The molecule has 0 aromatic rings. The SMILES string of the molecule is O=C(NNC(=O)N1CCCC1)[C@@H]1CC[C@H]2CN1C(=O)N2OS(=O)(=O)O. The van der Waals surface area contributed by atoms with Crippen LogP contribution in [0.15, 0.2) is 0 Å². The summed E-state index contributed by atoms with van der Waals surface area (Å²) in [5, 5.41) is 0.561. The third kappa shape index (κ3) is 3.77. The van der Waals surface area contributed by atoms with E-state index in [1.54, 1.807) is 4.90 Å². The molecule has 0 aromatic carbocycles. The minimum atomic E-state index is -4.83. The van der Waals surface area contributed by atoms with Crippen molar-refractivity contribution in [1.29, 1.82) is 0 Å². The Morgan fingerprint density at radius 1 is 1.16 bits per heavy atom. The molecule has 0 unspecified atom stereocenters. The van der Waals surface area contributed by atoms with Crippen LogP contribution in [0.4, 0.5) is 9.59 Å². The molecule has 2 bridgehead atoms. The minimum absolute atomic E-state index is 0.0898. The Morgan fingerprint density at radius 3 is 2.48 bits per heavy atom. The van der Waals surface area contributed by atoms with Crippen LogP contribution in [-0.2, 0) is 19.5 Å². The van der Waals surface area contributed by atoms with Crippen molar-refractivity contribution in [1.82, 2.24) is 25.7 Å². The van der Waals surface area contributed by atoms with Crippen LogP contribution in [0.5, 0.6) is 0 Å². The summed E-state index contributed by atoms with van der Waals surface area (Å²) in [7, 11) is -4.83. The maximum Gasteiger partial charge on any atom is 0.418 e. The zero-order chi connectivity index (χ0) is 18.2. The van der Waals surface area contributed by atoms with Gasteiger partial charge in [-0.15, -0.1) is 4.28 Å². The Morgan fingerprint density at radius 2 is 1.84 bits per heavy atom. The van der Waals surface area contributed by atoms with Crippen molar-refractivity contribution in [2.24, 2.45) is 0 Å². The summed E-state index contributed by atoms with van der Waals surface area (Å²) >= 11 is 0. The average Bonchev–Trinajstić information content (AvgIpc) is 3.16. The molecule has 3 saturated heterocycles. The molecule has 0 radical (unpaired) electrons. The summed E-state index contributed by atoms with van der Waals surface area (Å²) in [5.74, 6) is -0.576. The monoisotopic (exact) mass is 377 g/mol. The molecule has 12 nitrogen and oxygen atoms in total. The van der Waals surface area contributed by atoms with Crippen molar-refractivity contribution < 1.29 is 31.6 Å². The van der Waals surface area contributed by atoms with Gasteiger partial charge in [-0.2, -0.15) is 13.5 Å². The van der Waals surface area contributed by atoms with E-state index >= 15 is 0 Å². The van der Waals surface area contributed by atoms with Crippen molar-refractivity contribution in [3.8, 4) is 0 Å². The van der Waals surface area contributed by atoms with Gasteiger partial charge < -0.3 is 9.80 Å². The molecule has 3 fully saturated rings. The Balaban J connectivity index is 1.57. The van der Waals surface area contributed by atoms with E-state index in [1.165, 1.54) is 0 Å². The number of carbonyl (C=O) groups is 3. The highest BCUT2D eigenvalue weighted by Gasteiger charge is 2.49. The molecule has 3 aliphatic heterocycles. The smallest absolute Gasteiger partial charge is 0.323 e. The number of nitrogens with zero attached hydrogens (tertiary/aromatic N) is 3. The zero-order valence-electron chi connectivity index (χ0n) is 13.3. The number of nitrogens with one attached hydrogen (secondary N) is 2. The largest absolute Gasteiger partial charge is 0.418 e. The van der Waals surface area contributed by atoms with Gasteiger partial charge in [0.1, 0.15) is 6.04 Å². The standard InChI is InChI=1S/C12H19N5O7S/c18-10(13-14-11(19)15-5-1-2-6-15)9-4-3-8-7-16(9)12(20)17(8)24-25(21,22)23/h8-9H,1-7H2,(H,13,18)(H,14,19)(H,21,22,23)/t8-,9-/m0/s1. The van der Waals surface area contributed by atoms with E-state index < -0.39 is 40.5 Å². The van der Waals surface area contributed by atoms with Crippen LogP contribution in [0.3, 0.4) is 0 Å². The molecule has 3 aliphatic rings. The van der Waals surface area contributed by atoms with E-state index in [0.717, 1.165) is 17.7 Å². The predicted octanol–water partition coefficient (Wildman–Crippen LogP) is -1.17. The van der Waals surface area contributed by atoms with Gasteiger partial charge in [-0.1, -0.05) is 0 Å². The number of rotatable bonds is 3. The molecule has 3 rings (SSSR count). The zero-order valence-corrected chi connectivity index (χ0v) is 14.1. The lowest BCUT2D eigenvalue weighted by molar-refractivity contribution is -0.126. The van der Waals surface area contributed by atoms with Crippen LogP contribution in [0.25, 0.3) is 0 Å². The minimum Gasteiger partial charge on any atom is -0.323 e. The number of hydrogen-bond acceptors (Lipinski definition) is 6. The molecular formula is C12H19N5O7S. The van der Waals surface area contributed by atoms with Gasteiger partial charge >= 0.3 is 22.5 Å². The molecule has 140 valence electrons. The number of fused-ring (bicyclic) bond motifs is 2. The summed E-state index contributed by atoms with van der Waals surface area (Å²) in [6, 6.07) is -2.68. The highest BCUT2D eigenvalue weighted by Crippen LogP contribution is 2.30. The van der Waals surface area contributed by atoms with Crippen LogP contribution in [0.1, 0.15) is 25.7 Å². The van der Waals surface area contributed by atoms with Gasteiger partial charge in [-0.25, -0.2) is 15.0 Å². The molecule has 0 spiro atoms. The first-order valence-corrected chi connectivity index (χ1v) is 9.24. The van der Waals surface area contributed by atoms with Gasteiger partial charge in [-0.3, -0.25) is 14.8 Å². The van der Waals surface area contributed by atoms with Crippen LogP contribution < -0.4 is 10.9 Å². The fourth-order valence-electron chi connectivity index (χ4n) is 3.30. The van der Waals surface area contributed by atoms with Crippen molar-refractivity contribution in [2.45, 2.75) is 37.8 Å². The van der Waals surface area contributed by atoms with E-state index in [0.29, 0.717) is 24.6 Å². The van der Waals surface area contributed by atoms with E-state index in [-0.39, 0.29) is 13.0 Å². The highest BCUT2D eigenvalue weighted by atomic mass is 32.3. The summed E-state index contributed by atoms with van der Waals surface area (Å²) in [6.07, 6.45) is 2.41. The molecule has 25 heavy (non-hydrogen) atoms. The first-order chi connectivity index (χ1) is 11.8. The number of hydrogen-bond donors (Lipinski definition) is 3. The van der Waals surface area contributed by atoms with Gasteiger partial charge in [0.2, 0.25) is 0 Å². The number of hydrazine groups is 1. The van der Waals surface area contributed by atoms with Crippen LogP contribution >= 0.6 is 0 Å². The lowest BCUT2D eigenvalue weighted by atomic mass is 10.0. The highest BCUT2D eigenvalue weighted by molar-refractivity contribution is 7.80. The Bertz CT molecular complexity index is 677. The fraction of sp³-hybridized carbons (Fsp3) is 0.750. The van der Waals surface area contributed by atoms with Gasteiger partial charge in [0, 0.05) is 19.6 Å². The first-order valence-electron chi connectivity index (χ1n) is 7.88. The average molecular weight is 377 g/mol. The van der Waals surface area contributed by atoms with Crippen LogP contribution in [-0.4, -0.2) is 77.5 Å². The normalized spacial score (nSPS) is 26.1. The molecule has 0 aromatic heterocycles.